The minimum absolute atomic E-state index is 0.0331. The molecule has 2 heterocycles. The average Bonchev–Trinajstić information content (AvgIpc) is 3.19. The van der Waals surface area contributed by atoms with Gasteiger partial charge in [0.05, 0.1) is 28.8 Å². The highest BCUT2D eigenvalue weighted by molar-refractivity contribution is 6.06. The summed E-state index contributed by atoms with van der Waals surface area (Å²) in [5, 5.41) is 5.47. The van der Waals surface area contributed by atoms with E-state index < -0.39 is 0 Å². The van der Waals surface area contributed by atoms with Crippen LogP contribution in [0.5, 0.6) is 0 Å². The van der Waals surface area contributed by atoms with E-state index in [0.29, 0.717) is 12.5 Å². The smallest absolute Gasteiger partial charge is 0.253 e. The fourth-order valence-electron chi connectivity index (χ4n) is 4.90. The molecule has 0 bridgehead atoms. The number of hydrogen-bond acceptors (Lipinski definition) is 2. The van der Waals surface area contributed by atoms with Crippen molar-refractivity contribution in [2.24, 2.45) is 5.92 Å². The van der Waals surface area contributed by atoms with Gasteiger partial charge in [0.1, 0.15) is 0 Å². The Morgan fingerprint density at radius 1 is 1.03 bits per heavy atom. The lowest BCUT2D eigenvalue weighted by molar-refractivity contribution is 0.0945. The summed E-state index contributed by atoms with van der Waals surface area (Å²) >= 11 is 0. The van der Waals surface area contributed by atoms with Gasteiger partial charge in [0, 0.05) is 23.5 Å². The number of hydrogen-bond donors (Lipinski definition) is 1. The van der Waals surface area contributed by atoms with Crippen molar-refractivity contribution in [2.75, 3.05) is 6.54 Å². The van der Waals surface area contributed by atoms with Crippen molar-refractivity contribution < 1.29 is 4.79 Å². The standard InChI is InChI=1S/C27H29N3O/c1-19-15-22-13-14-30(18-23-12-11-21-9-5-6-10-25(21)29-23)26(22)24(16-19)27(31)28-17-20-7-3-2-4-8-20/h5-6,9-16,20H,2-4,7-8,17-18H2,1H3,(H,28,31). The van der Waals surface area contributed by atoms with Crippen molar-refractivity contribution in [1.82, 2.24) is 14.9 Å². The molecule has 1 aliphatic carbocycles. The number of nitrogens with one attached hydrogen (secondary N) is 1. The number of rotatable bonds is 5. The molecule has 1 N–H and O–H groups in total. The molecule has 5 rings (SSSR count). The zero-order valence-corrected chi connectivity index (χ0v) is 18.1. The number of fused-ring (bicyclic) bond motifs is 2. The minimum atomic E-state index is 0.0331. The molecule has 2 aromatic heterocycles. The van der Waals surface area contributed by atoms with E-state index in [4.69, 9.17) is 4.98 Å². The van der Waals surface area contributed by atoms with Gasteiger partial charge in [-0.05, 0) is 61.6 Å². The number of aromatic nitrogens is 2. The summed E-state index contributed by atoms with van der Waals surface area (Å²) in [4.78, 5) is 18.0. The first-order valence-electron chi connectivity index (χ1n) is 11.4. The van der Waals surface area contributed by atoms with E-state index in [2.05, 4.69) is 53.3 Å². The van der Waals surface area contributed by atoms with Gasteiger partial charge in [-0.2, -0.15) is 0 Å². The molecule has 31 heavy (non-hydrogen) atoms. The highest BCUT2D eigenvalue weighted by Gasteiger charge is 2.18. The van der Waals surface area contributed by atoms with Gasteiger partial charge in [0.15, 0.2) is 0 Å². The highest BCUT2D eigenvalue weighted by atomic mass is 16.1. The zero-order valence-electron chi connectivity index (χ0n) is 18.1. The van der Waals surface area contributed by atoms with E-state index in [1.54, 1.807) is 0 Å². The van der Waals surface area contributed by atoms with E-state index in [-0.39, 0.29) is 5.91 Å². The second-order valence-electron chi connectivity index (χ2n) is 8.90. The fourth-order valence-corrected chi connectivity index (χ4v) is 4.90. The van der Waals surface area contributed by atoms with Crippen molar-refractivity contribution in [1.29, 1.82) is 0 Å². The molecule has 4 heteroatoms. The summed E-state index contributed by atoms with van der Waals surface area (Å²) in [5.74, 6) is 0.650. The van der Waals surface area contributed by atoms with Crippen LogP contribution in [0.3, 0.4) is 0 Å². The van der Waals surface area contributed by atoms with Crippen molar-refractivity contribution >= 4 is 27.7 Å². The summed E-state index contributed by atoms with van der Waals surface area (Å²) in [6.07, 6.45) is 8.44. The van der Waals surface area contributed by atoms with Crippen LogP contribution < -0.4 is 5.32 Å². The van der Waals surface area contributed by atoms with Gasteiger partial charge in [-0.15, -0.1) is 0 Å². The lowest BCUT2D eigenvalue weighted by atomic mass is 9.89. The van der Waals surface area contributed by atoms with Crippen molar-refractivity contribution in [3.8, 4) is 0 Å². The third-order valence-corrected chi connectivity index (χ3v) is 6.51. The summed E-state index contributed by atoms with van der Waals surface area (Å²) in [6, 6.07) is 18.6. The molecular weight excluding hydrogens is 382 g/mol. The van der Waals surface area contributed by atoms with Gasteiger partial charge < -0.3 is 9.88 Å². The van der Waals surface area contributed by atoms with Crippen molar-refractivity contribution in [3.05, 3.63) is 77.6 Å². The van der Waals surface area contributed by atoms with Crippen LogP contribution in [0.15, 0.2) is 60.8 Å². The molecule has 158 valence electrons. The van der Waals surface area contributed by atoms with Crippen LogP contribution in [0, 0.1) is 12.8 Å². The zero-order chi connectivity index (χ0) is 21.2. The number of para-hydroxylation sites is 1. The largest absolute Gasteiger partial charge is 0.352 e. The van der Waals surface area contributed by atoms with Crippen LogP contribution >= 0.6 is 0 Å². The summed E-state index contributed by atoms with van der Waals surface area (Å²) < 4.78 is 2.15. The van der Waals surface area contributed by atoms with E-state index >= 15 is 0 Å². The maximum Gasteiger partial charge on any atom is 0.253 e. The van der Waals surface area contributed by atoms with Crippen LogP contribution in [0.1, 0.15) is 53.7 Å². The molecule has 4 aromatic rings. The molecule has 4 nitrogen and oxygen atoms in total. The number of aryl methyl sites for hydroxylation is 1. The Kier molecular flexibility index (Phi) is 5.46. The molecule has 1 aliphatic rings. The number of pyridine rings is 1. The Hall–Kier alpha value is -3.14. The highest BCUT2D eigenvalue weighted by Crippen LogP contribution is 2.25. The van der Waals surface area contributed by atoms with Gasteiger partial charge in [0.2, 0.25) is 0 Å². The predicted octanol–water partition coefficient (Wildman–Crippen LogP) is 5.86. The molecule has 0 spiro atoms. The molecule has 0 radical (unpaired) electrons. The first kappa shape index (κ1) is 19.8. The van der Waals surface area contributed by atoms with Crippen molar-refractivity contribution in [2.45, 2.75) is 45.6 Å². The minimum Gasteiger partial charge on any atom is -0.352 e. The Balaban J connectivity index is 1.44. The van der Waals surface area contributed by atoms with Gasteiger partial charge in [-0.25, -0.2) is 0 Å². The van der Waals surface area contributed by atoms with E-state index in [9.17, 15) is 4.79 Å². The van der Waals surface area contributed by atoms with Gasteiger partial charge in [-0.3, -0.25) is 9.78 Å². The Labute approximate surface area is 183 Å². The van der Waals surface area contributed by atoms with Crippen LogP contribution in [0.2, 0.25) is 0 Å². The van der Waals surface area contributed by atoms with Crippen molar-refractivity contribution in [3.63, 3.8) is 0 Å². The molecule has 0 saturated heterocycles. The third-order valence-electron chi connectivity index (χ3n) is 6.51. The molecule has 2 aromatic carbocycles. The van der Waals surface area contributed by atoms with Gasteiger partial charge in [-0.1, -0.05) is 43.5 Å². The quantitative estimate of drug-likeness (QED) is 0.447. The molecule has 0 atom stereocenters. The summed E-state index contributed by atoms with van der Waals surface area (Å²) in [7, 11) is 0. The lowest BCUT2D eigenvalue weighted by Gasteiger charge is -2.22. The maximum absolute atomic E-state index is 13.2. The first-order chi connectivity index (χ1) is 15.2. The monoisotopic (exact) mass is 411 g/mol. The maximum atomic E-state index is 13.2. The van der Waals surface area contributed by atoms with Crippen LogP contribution in [-0.2, 0) is 6.54 Å². The lowest BCUT2D eigenvalue weighted by Crippen LogP contribution is -2.30. The predicted molar refractivity (Wildman–Crippen MR) is 126 cm³/mol. The summed E-state index contributed by atoms with van der Waals surface area (Å²) in [5.41, 5.74) is 4.85. The number of amides is 1. The number of benzene rings is 2. The molecule has 1 saturated carbocycles. The SMILES string of the molecule is Cc1cc(C(=O)NCC2CCCCC2)c2c(ccn2Cc2ccc3ccccc3n2)c1. The number of carbonyl (C=O) groups is 1. The molecule has 1 fully saturated rings. The molecule has 0 aliphatic heterocycles. The molecular formula is C27H29N3O. The number of carbonyl (C=O) groups excluding carboxylic acids is 1. The van der Waals surface area contributed by atoms with Crippen LogP contribution in [0.25, 0.3) is 21.8 Å². The van der Waals surface area contributed by atoms with Crippen LogP contribution in [-0.4, -0.2) is 22.0 Å². The van der Waals surface area contributed by atoms with E-state index in [0.717, 1.165) is 45.2 Å². The first-order valence-corrected chi connectivity index (χ1v) is 11.4. The number of nitrogens with zero attached hydrogens (tertiary/aromatic N) is 2. The van der Waals surface area contributed by atoms with E-state index in [1.165, 1.54) is 32.1 Å². The third kappa shape index (κ3) is 4.20. The Morgan fingerprint density at radius 3 is 2.74 bits per heavy atom. The van der Waals surface area contributed by atoms with Gasteiger partial charge >= 0.3 is 0 Å². The van der Waals surface area contributed by atoms with Crippen LogP contribution in [0.4, 0.5) is 0 Å². The normalized spacial score (nSPS) is 14.9. The van der Waals surface area contributed by atoms with Gasteiger partial charge in [0.25, 0.3) is 5.91 Å². The second kappa shape index (κ2) is 8.54. The Morgan fingerprint density at radius 2 is 1.87 bits per heavy atom. The second-order valence-corrected chi connectivity index (χ2v) is 8.90. The average molecular weight is 412 g/mol. The topological polar surface area (TPSA) is 46.9 Å². The summed E-state index contributed by atoms with van der Waals surface area (Å²) in [6.45, 7) is 3.47. The molecule has 1 amide bonds. The molecule has 0 unspecified atom stereocenters. The fraction of sp³-hybridized carbons (Fsp3) is 0.333. The van der Waals surface area contributed by atoms with E-state index in [1.807, 2.05) is 24.3 Å². The Bertz CT molecular complexity index is 1230.